The van der Waals surface area contributed by atoms with E-state index in [4.69, 9.17) is 5.73 Å². The summed E-state index contributed by atoms with van der Waals surface area (Å²) < 4.78 is 13.3. The van der Waals surface area contributed by atoms with Crippen molar-refractivity contribution in [2.45, 2.75) is 32.9 Å². The molecule has 8 nitrogen and oxygen atoms in total. The molecule has 186 valence electrons. The first-order valence-electron chi connectivity index (χ1n) is 11.5. The van der Waals surface area contributed by atoms with E-state index in [-0.39, 0.29) is 0 Å². The van der Waals surface area contributed by atoms with Gasteiger partial charge in [0, 0.05) is 58.8 Å². The predicted octanol–water partition coefficient (Wildman–Crippen LogP) is 4.12. The smallest absolute Gasteiger partial charge is 0.161 e. The summed E-state index contributed by atoms with van der Waals surface area (Å²) in [7, 11) is 3.50. The maximum Gasteiger partial charge on any atom is 0.161 e. The lowest BCUT2D eigenvalue weighted by Crippen LogP contribution is -2.22. The molecule has 0 saturated carbocycles. The van der Waals surface area contributed by atoms with Crippen LogP contribution in [0.25, 0.3) is 0 Å². The molecular formula is C25H32FN7OS. The van der Waals surface area contributed by atoms with Gasteiger partial charge in [-0.1, -0.05) is 19.9 Å². The SMILES string of the molecule is CC.CN=CC(=N/C=C/N1CCC(F)C1)c1nc(CCN(C)c2cccc(N)c2C#N)c(C=O)s1. The third-order valence-corrected chi connectivity index (χ3v) is 6.29. The molecule has 10 heteroatoms. The molecule has 2 heterocycles. The van der Waals surface area contributed by atoms with E-state index in [2.05, 4.69) is 21.0 Å². The Morgan fingerprint density at radius 3 is 2.86 bits per heavy atom. The molecule has 1 atom stereocenters. The standard InChI is InChI=1S/C23H26FN7OS.C2H6/c1-27-13-20(28-8-11-31-10-6-16(24)14-31)23-29-19(22(15-32)33-23)7-9-30(2)21-5-3-4-18(26)17(21)12-25;1-2/h3-5,8,11,13,15-16H,6-7,9-10,14,26H2,1-2H3;1-2H3/b11-8+,27-13?,28-20?;. The van der Waals surface area contributed by atoms with E-state index >= 15 is 0 Å². The van der Waals surface area contributed by atoms with Gasteiger partial charge in [0.25, 0.3) is 0 Å². The minimum Gasteiger partial charge on any atom is -0.398 e. The highest BCUT2D eigenvalue weighted by atomic mass is 32.1. The van der Waals surface area contributed by atoms with Crippen molar-refractivity contribution in [1.29, 1.82) is 5.26 Å². The van der Waals surface area contributed by atoms with Gasteiger partial charge in [0.15, 0.2) is 6.29 Å². The molecule has 0 bridgehead atoms. The van der Waals surface area contributed by atoms with Crippen molar-refractivity contribution >= 4 is 40.9 Å². The highest BCUT2D eigenvalue weighted by Gasteiger charge is 2.19. The number of aromatic nitrogens is 1. The third kappa shape index (κ3) is 7.45. The van der Waals surface area contributed by atoms with Crippen LogP contribution in [0.2, 0.25) is 0 Å². The van der Waals surface area contributed by atoms with E-state index in [1.54, 1.807) is 37.8 Å². The van der Waals surface area contributed by atoms with E-state index in [9.17, 15) is 14.4 Å². The number of thiazole rings is 1. The third-order valence-electron chi connectivity index (χ3n) is 5.24. The number of aliphatic imine (C=N–C) groups is 2. The number of hydrogen-bond acceptors (Lipinski definition) is 9. The molecule has 0 radical (unpaired) electrons. The second-order valence-corrected chi connectivity index (χ2v) is 8.58. The van der Waals surface area contributed by atoms with Crippen LogP contribution in [0.3, 0.4) is 0 Å². The summed E-state index contributed by atoms with van der Waals surface area (Å²) >= 11 is 1.25. The number of aldehydes is 1. The number of nitrogens with zero attached hydrogens (tertiary/aromatic N) is 6. The van der Waals surface area contributed by atoms with Gasteiger partial charge in [0.2, 0.25) is 0 Å². The van der Waals surface area contributed by atoms with Crippen LogP contribution in [0.15, 0.2) is 40.6 Å². The zero-order valence-corrected chi connectivity index (χ0v) is 21.4. The molecule has 3 rings (SSSR count). The Morgan fingerprint density at radius 1 is 1.46 bits per heavy atom. The molecule has 2 N–H and O–H groups in total. The van der Waals surface area contributed by atoms with Crippen LogP contribution in [0.4, 0.5) is 15.8 Å². The Balaban J connectivity index is 0.00000210. The van der Waals surface area contributed by atoms with Crippen LogP contribution in [0, 0.1) is 11.3 Å². The molecule has 1 aliphatic rings. The lowest BCUT2D eigenvalue weighted by Gasteiger charge is -2.20. The highest BCUT2D eigenvalue weighted by molar-refractivity contribution is 7.16. The summed E-state index contributed by atoms with van der Waals surface area (Å²) in [5, 5.41) is 10.00. The number of carbonyl (C=O) groups is 1. The van der Waals surface area contributed by atoms with Gasteiger partial charge >= 0.3 is 0 Å². The fourth-order valence-electron chi connectivity index (χ4n) is 3.49. The van der Waals surface area contributed by atoms with Gasteiger partial charge in [0.05, 0.1) is 27.5 Å². The van der Waals surface area contributed by atoms with Gasteiger partial charge in [-0.3, -0.25) is 14.8 Å². The number of likely N-dealkylation sites (N-methyl/N-ethyl adjacent to an activating group) is 1. The van der Waals surface area contributed by atoms with Crippen LogP contribution in [0.1, 0.15) is 46.2 Å². The number of nitrogen functional groups attached to an aromatic ring is 1. The predicted molar refractivity (Wildman–Crippen MR) is 143 cm³/mol. The monoisotopic (exact) mass is 497 g/mol. The number of alkyl halides is 1. The summed E-state index contributed by atoms with van der Waals surface area (Å²) in [6.45, 7) is 5.57. The van der Waals surface area contributed by atoms with Gasteiger partial charge in [-0.25, -0.2) is 9.37 Å². The van der Waals surface area contributed by atoms with E-state index in [0.29, 0.717) is 65.0 Å². The van der Waals surface area contributed by atoms with Gasteiger partial charge < -0.3 is 15.5 Å². The van der Waals surface area contributed by atoms with Gasteiger partial charge in [-0.2, -0.15) is 5.26 Å². The van der Waals surface area contributed by atoms with Gasteiger partial charge in [0.1, 0.15) is 23.0 Å². The average Bonchev–Trinajstić information content (AvgIpc) is 3.48. The van der Waals surface area contributed by atoms with Crippen LogP contribution < -0.4 is 10.6 Å². The zero-order valence-electron chi connectivity index (χ0n) is 20.6. The number of nitriles is 1. The summed E-state index contributed by atoms with van der Waals surface area (Å²) in [6.07, 6.45) is 5.96. The molecule has 2 aromatic rings. The molecular weight excluding hydrogens is 465 g/mol. The number of halogens is 1. The van der Waals surface area contributed by atoms with Crippen LogP contribution in [-0.4, -0.2) is 68.0 Å². The van der Waals surface area contributed by atoms with E-state index < -0.39 is 6.17 Å². The first kappa shape index (κ1) is 27.7. The van der Waals surface area contributed by atoms with Crippen molar-refractivity contribution in [1.82, 2.24) is 9.88 Å². The molecule has 0 spiro atoms. The Bertz CT molecular complexity index is 1120. The first-order chi connectivity index (χ1) is 17.0. The second kappa shape index (κ2) is 14.0. The molecule has 1 fully saturated rings. The Labute approximate surface area is 210 Å². The van der Waals surface area contributed by atoms with Crippen molar-refractivity contribution in [3.63, 3.8) is 0 Å². The van der Waals surface area contributed by atoms with Crippen molar-refractivity contribution in [2.24, 2.45) is 9.98 Å². The van der Waals surface area contributed by atoms with Crippen molar-refractivity contribution in [3.8, 4) is 6.07 Å². The highest BCUT2D eigenvalue weighted by Crippen LogP contribution is 2.25. The van der Waals surface area contributed by atoms with Gasteiger partial charge in [-0.05, 0) is 18.6 Å². The Hall–Kier alpha value is -3.58. The molecule has 1 aromatic carbocycles. The Morgan fingerprint density at radius 2 is 2.23 bits per heavy atom. The largest absolute Gasteiger partial charge is 0.398 e. The van der Waals surface area contributed by atoms with Crippen LogP contribution >= 0.6 is 11.3 Å². The maximum atomic E-state index is 13.3. The molecule has 1 saturated heterocycles. The maximum absolute atomic E-state index is 13.3. The van der Waals surface area contributed by atoms with E-state index in [1.807, 2.05) is 36.8 Å². The van der Waals surface area contributed by atoms with Crippen molar-refractivity contribution < 1.29 is 9.18 Å². The minimum atomic E-state index is -0.804. The number of hydrogen-bond donors (Lipinski definition) is 1. The molecule has 35 heavy (non-hydrogen) atoms. The summed E-state index contributed by atoms with van der Waals surface area (Å²) in [6, 6.07) is 7.47. The molecule has 0 amide bonds. The van der Waals surface area contributed by atoms with Crippen LogP contribution in [0.5, 0.6) is 0 Å². The van der Waals surface area contributed by atoms with E-state index in [0.717, 1.165) is 12.0 Å². The summed E-state index contributed by atoms with van der Waals surface area (Å²) in [4.78, 5) is 29.1. The normalized spacial score (nSPS) is 15.8. The van der Waals surface area contributed by atoms with Gasteiger partial charge in [-0.15, -0.1) is 11.3 Å². The molecule has 1 unspecified atom stereocenters. The zero-order chi connectivity index (χ0) is 25.8. The Kier molecular flexibility index (Phi) is 11.0. The van der Waals surface area contributed by atoms with Crippen LogP contribution in [-0.2, 0) is 6.42 Å². The lowest BCUT2D eigenvalue weighted by atomic mass is 10.1. The second-order valence-electron chi connectivity index (χ2n) is 7.55. The fraction of sp³-hybridized carbons (Fsp3) is 0.400. The summed E-state index contributed by atoms with van der Waals surface area (Å²) in [5.41, 5.74) is 8.67. The first-order valence-corrected chi connectivity index (χ1v) is 12.3. The number of nitrogens with two attached hydrogens (primary N) is 1. The average molecular weight is 498 g/mol. The quantitative estimate of drug-likeness (QED) is 0.317. The molecule has 0 aliphatic carbocycles. The van der Waals surface area contributed by atoms with E-state index in [1.165, 1.54) is 11.3 Å². The lowest BCUT2D eigenvalue weighted by molar-refractivity contribution is 0.112. The number of likely N-dealkylation sites (tertiary alicyclic amines) is 1. The summed E-state index contributed by atoms with van der Waals surface area (Å²) in [5.74, 6) is 0. The minimum absolute atomic E-state index is 0.369. The number of rotatable bonds is 9. The number of carbonyl (C=O) groups excluding carboxylic acids is 1. The molecule has 1 aliphatic heterocycles. The fourth-order valence-corrected chi connectivity index (χ4v) is 4.38. The number of anilines is 2. The number of benzene rings is 1. The van der Waals surface area contributed by atoms with Crippen molar-refractivity contribution in [2.75, 3.05) is 44.4 Å². The van der Waals surface area contributed by atoms with Crippen molar-refractivity contribution in [3.05, 3.63) is 51.7 Å². The topological polar surface area (TPSA) is 111 Å². The molecule has 1 aromatic heterocycles.